The topological polar surface area (TPSA) is 74.2 Å². The average Bonchev–Trinajstić information content (AvgIpc) is 2.95. The van der Waals surface area contributed by atoms with Gasteiger partial charge in [-0.1, -0.05) is 29.4 Å². The van der Waals surface area contributed by atoms with Gasteiger partial charge in [0, 0.05) is 18.7 Å². The molecule has 0 unspecified atom stereocenters. The third kappa shape index (κ3) is 2.87. The van der Waals surface area contributed by atoms with Gasteiger partial charge in [-0.15, -0.1) is 0 Å². The molecular weight excluding hydrogens is 266 g/mol. The van der Waals surface area contributed by atoms with Gasteiger partial charge in [0.25, 0.3) is 5.89 Å². The third-order valence-electron chi connectivity index (χ3n) is 3.29. The van der Waals surface area contributed by atoms with E-state index in [2.05, 4.69) is 10.1 Å². The van der Waals surface area contributed by atoms with Gasteiger partial charge in [-0.05, 0) is 29.8 Å². The van der Waals surface area contributed by atoms with Crippen LogP contribution in [0.1, 0.15) is 12.7 Å². The van der Waals surface area contributed by atoms with Crippen LogP contribution in [0.15, 0.2) is 40.9 Å². The van der Waals surface area contributed by atoms with Gasteiger partial charge >= 0.3 is 0 Å². The second kappa shape index (κ2) is 5.93. The number of fused-ring (bicyclic) bond motifs is 1. The van der Waals surface area contributed by atoms with Crippen molar-refractivity contribution in [3.8, 4) is 11.5 Å². The second-order valence-corrected chi connectivity index (χ2v) is 4.75. The molecule has 2 aromatic carbocycles. The fraction of sp³-hybridized carbons (Fsp3) is 0.250. The molecule has 2 N–H and O–H groups in total. The minimum Gasteiger partial charge on any atom is -0.398 e. The first kappa shape index (κ1) is 13.6. The molecule has 0 aliphatic heterocycles. The van der Waals surface area contributed by atoms with E-state index in [0.717, 1.165) is 16.3 Å². The maximum absolute atomic E-state index is 6.10. The van der Waals surface area contributed by atoms with Gasteiger partial charge < -0.3 is 15.0 Å². The fourth-order valence-corrected chi connectivity index (χ4v) is 2.22. The summed E-state index contributed by atoms with van der Waals surface area (Å²) < 4.78 is 10.6. The van der Waals surface area contributed by atoms with E-state index in [1.165, 1.54) is 0 Å². The van der Waals surface area contributed by atoms with Crippen molar-refractivity contribution in [3.05, 3.63) is 42.2 Å². The Bertz CT molecular complexity index is 752. The zero-order valence-corrected chi connectivity index (χ0v) is 11.9. The summed E-state index contributed by atoms with van der Waals surface area (Å²) in [6, 6.07) is 11.9. The molecule has 0 saturated heterocycles. The molecular formula is C16H17N3O2. The predicted octanol–water partition coefficient (Wildman–Crippen LogP) is 3.05. The number of nitrogens with two attached hydrogens (primary N) is 1. The monoisotopic (exact) mass is 283 g/mol. The Morgan fingerprint density at radius 3 is 2.71 bits per heavy atom. The van der Waals surface area contributed by atoms with Crippen molar-refractivity contribution in [2.75, 3.05) is 18.9 Å². The summed E-state index contributed by atoms with van der Waals surface area (Å²) in [5.41, 5.74) is 7.50. The van der Waals surface area contributed by atoms with E-state index in [4.69, 9.17) is 15.0 Å². The van der Waals surface area contributed by atoms with Crippen LogP contribution in [0.3, 0.4) is 0 Å². The number of benzene rings is 2. The van der Waals surface area contributed by atoms with Gasteiger partial charge in [0.05, 0.1) is 12.2 Å². The largest absolute Gasteiger partial charge is 0.398 e. The average molecular weight is 283 g/mol. The first-order valence-corrected chi connectivity index (χ1v) is 6.97. The first-order chi connectivity index (χ1) is 10.3. The highest BCUT2D eigenvalue weighted by Crippen LogP contribution is 2.29. The van der Waals surface area contributed by atoms with E-state index >= 15 is 0 Å². The van der Waals surface area contributed by atoms with Crippen LogP contribution in [0.2, 0.25) is 0 Å². The molecule has 1 aromatic heterocycles. The summed E-state index contributed by atoms with van der Waals surface area (Å²) in [4.78, 5) is 4.38. The van der Waals surface area contributed by atoms with E-state index in [1.807, 2.05) is 43.3 Å². The number of aromatic nitrogens is 2. The maximum atomic E-state index is 6.10. The van der Waals surface area contributed by atoms with Crippen molar-refractivity contribution in [2.24, 2.45) is 0 Å². The number of hydrogen-bond acceptors (Lipinski definition) is 5. The zero-order valence-electron chi connectivity index (χ0n) is 11.9. The molecule has 0 saturated carbocycles. The first-order valence-electron chi connectivity index (χ1n) is 6.97. The predicted molar refractivity (Wildman–Crippen MR) is 81.8 cm³/mol. The van der Waals surface area contributed by atoms with Gasteiger partial charge in [0.1, 0.15) is 0 Å². The molecule has 0 aliphatic carbocycles. The fourth-order valence-electron chi connectivity index (χ4n) is 2.22. The summed E-state index contributed by atoms with van der Waals surface area (Å²) in [7, 11) is 0. The Morgan fingerprint density at radius 1 is 1.19 bits per heavy atom. The minimum atomic E-state index is 0.449. The van der Waals surface area contributed by atoms with Gasteiger partial charge in [0.2, 0.25) is 0 Å². The highest BCUT2D eigenvalue weighted by Gasteiger charge is 2.12. The Hall–Kier alpha value is -2.40. The molecule has 0 spiro atoms. The van der Waals surface area contributed by atoms with Crippen molar-refractivity contribution in [2.45, 2.75) is 13.3 Å². The zero-order chi connectivity index (χ0) is 14.7. The van der Waals surface area contributed by atoms with Crippen LogP contribution in [-0.2, 0) is 11.2 Å². The summed E-state index contributed by atoms with van der Waals surface area (Å²) in [6.07, 6.45) is 0.630. The van der Waals surface area contributed by atoms with Crippen LogP contribution in [0, 0.1) is 0 Å². The standard InChI is InChI=1S/C16H17N3O2/c1-2-20-8-7-15-18-16(21-19-15)13-9-11-5-3-4-6-12(11)10-14(13)17/h3-6,9-10H,2,7-8,17H2,1H3. The number of nitrogen functional groups attached to an aromatic ring is 1. The summed E-state index contributed by atoms with van der Waals surface area (Å²) in [5, 5.41) is 6.15. The normalized spacial score (nSPS) is 11.1. The maximum Gasteiger partial charge on any atom is 0.260 e. The van der Waals surface area contributed by atoms with Crippen LogP contribution >= 0.6 is 0 Å². The molecule has 21 heavy (non-hydrogen) atoms. The molecule has 1 heterocycles. The van der Waals surface area contributed by atoms with Gasteiger partial charge in [-0.25, -0.2) is 0 Å². The van der Waals surface area contributed by atoms with Crippen LogP contribution in [0.25, 0.3) is 22.2 Å². The molecule has 3 rings (SSSR count). The number of anilines is 1. The lowest BCUT2D eigenvalue weighted by molar-refractivity contribution is 0.149. The lowest BCUT2D eigenvalue weighted by Gasteiger charge is -2.04. The molecule has 0 radical (unpaired) electrons. The van der Waals surface area contributed by atoms with Crippen LogP contribution in [0.4, 0.5) is 5.69 Å². The molecule has 0 fully saturated rings. The number of hydrogen-bond donors (Lipinski definition) is 1. The van der Waals surface area contributed by atoms with E-state index < -0.39 is 0 Å². The van der Waals surface area contributed by atoms with Crippen LogP contribution < -0.4 is 5.73 Å². The van der Waals surface area contributed by atoms with E-state index in [0.29, 0.717) is 37.0 Å². The van der Waals surface area contributed by atoms with Crippen molar-refractivity contribution >= 4 is 16.5 Å². The minimum absolute atomic E-state index is 0.449. The Labute approximate surface area is 122 Å². The quantitative estimate of drug-likeness (QED) is 0.575. The highest BCUT2D eigenvalue weighted by molar-refractivity contribution is 5.92. The number of ether oxygens (including phenoxy) is 1. The van der Waals surface area contributed by atoms with Crippen LogP contribution in [-0.4, -0.2) is 23.4 Å². The SMILES string of the molecule is CCOCCc1noc(-c2cc3ccccc3cc2N)n1. The van der Waals surface area contributed by atoms with E-state index in [9.17, 15) is 0 Å². The lowest BCUT2D eigenvalue weighted by atomic mass is 10.1. The van der Waals surface area contributed by atoms with Crippen molar-refractivity contribution < 1.29 is 9.26 Å². The number of rotatable bonds is 5. The molecule has 3 aromatic rings. The Morgan fingerprint density at radius 2 is 1.95 bits per heavy atom. The van der Waals surface area contributed by atoms with Crippen molar-refractivity contribution in [1.29, 1.82) is 0 Å². The van der Waals surface area contributed by atoms with Gasteiger partial charge in [0.15, 0.2) is 5.82 Å². The molecule has 108 valence electrons. The van der Waals surface area contributed by atoms with Crippen molar-refractivity contribution in [3.63, 3.8) is 0 Å². The van der Waals surface area contributed by atoms with E-state index in [-0.39, 0.29) is 0 Å². The Balaban J connectivity index is 1.91. The smallest absolute Gasteiger partial charge is 0.260 e. The second-order valence-electron chi connectivity index (χ2n) is 4.75. The molecule has 5 heteroatoms. The van der Waals surface area contributed by atoms with E-state index in [1.54, 1.807) is 0 Å². The molecule has 0 aliphatic rings. The molecule has 0 atom stereocenters. The van der Waals surface area contributed by atoms with Crippen LogP contribution in [0.5, 0.6) is 0 Å². The molecule has 0 bridgehead atoms. The lowest BCUT2D eigenvalue weighted by Crippen LogP contribution is -1.99. The van der Waals surface area contributed by atoms with Gasteiger partial charge in [-0.3, -0.25) is 0 Å². The highest BCUT2D eigenvalue weighted by atomic mass is 16.5. The molecule has 5 nitrogen and oxygen atoms in total. The van der Waals surface area contributed by atoms with Crippen molar-refractivity contribution in [1.82, 2.24) is 10.1 Å². The molecule has 0 amide bonds. The third-order valence-corrected chi connectivity index (χ3v) is 3.29. The Kier molecular flexibility index (Phi) is 3.83. The van der Waals surface area contributed by atoms with Gasteiger partial charge in [-0.2, -0.15) is 4.98 Å². The summed E-state index contributed by atoms with van der Waals surface area (Å²) in [6.45, 7) is 3.22. The number of nitrogens with zero attached hydrogens (tertiary/aromatic N) is 2. The summed E-state index contributed by atoms with van der Waals surface area (Å²) >= 11 is 0. The summed E-state index contributed by atoms with van der Waals surface area (Å²) in [5.74, 6) is 1.08.